The third-order valence-corrected chi connectivity index (χ3v) is 5.56. The van der Waals surface area contributed by atoms with Crippen LogP contribution < -0.4 is 0 Å². The van der Waals surface area contributed by atoms with Gasteiger partial charge >= 0.3 is 0 Å². The van der Waals surface area contributed by atoms with Crippen molar-refractivity contribution in [1.82, 2.24) is 14.8 Å². The van der Waals surface area contributed by atoms with Gasteiger partial charge in [0.05, 0.1) is 0 Å². The minimum absolute atomic E-state index is 0.122. The topological polar surface area (TPSA) is 36.4 Å². The molecule has 0 bridgehead atoms. The van der Waals surface area contributed by atoms with Crippen molar-refractivity contribution >= 4 is 5.91 Å². The minimum atomic E-state index is 0.122. The molecule has 1 saturated heterocycles. The van der Waals surface area contributed by atoms with Gasteiger partial charge in [0, 0.05) is 50.2 Å². The zero-order chi connectivity index (χ0) is 19.9. The van der Waals surface area contributed by atoms with E-state index in [1.165, 1.54) is 11.1 Å². The van der Waals surface area contributed by atoms with Crippen LogP contribution in [-0.2, 0) is 0 Å². The van der Waals surface area contributed by atoms with Crippen LogP contribution in [0.15, 0.2) is 73.6 Å². The van der Waals surface area contributed by atoms with Crippen LogP contribution in [0.25, 0.3) is 0 Å². The number of carbonyl (C=O) groups excluding carboxylic acids is 1. The fraction of sp³-hybridized carbons (Fsp3) is 0.333. The Bertz CT molecular complexity index is 806. The Morgan fingerprint density at radius 3 is 2.25 bits per heavy atom. The predicted octanol–water partition coefficient (Wildman–Crippen LogP) is 4.45. The lowest BCUT2D eigenvalue weighted by Gasteiger charge is -2.38. The van der Waals surface area contributed by atoms with E-state index in [9.17, 15) is 4.79 Å². The summed E-state index contributed by atoms with van der Waals surface area (Å²) >= 11 is 0. The molecule has 2 aromatic rings. The fourth-order valence-electron chi connectivity index (χ4n) is 3.63. The summed E-state index contributed by atoms with van der Waals surface area (Å²) in [6.07, 6.45) is 9.51. The van der Waals surface area contributed by atoms with Gasteiger partial charge in [-0.2, -0.15) is 0 Å². The van der Waals surface area contributed by atoms with Crippen LogP contribution in [0.5, 0.6) is 0 Å². The molecule has 1 fully saturated rings. The van der Waals surface area contributed by atoms with Crippen LogP contribution in [-0.4, -0.2) is 46.9 Å². The van der Waals surface area contributed by atoms with Crippen LogP contribution in [0.1, 0.15) is 47.3 Å². The molecule has 0 N–H and O–H groups in total. The average Bonchev–Trinajstić information content (AvgIpc) is 2.77. The first-order valence-electron chi connectivity index (χ1n) is 9.92. The molecule has 1 aliphatic heterocycles. The highest BCUT2D eigenvalue weighted by Crippen LogP contribution is 2.22. The van der Waals surface area contributed by atoms with E-state index in [0.29, 0.717) is 12.0 Å². The number of aromatic nitrogens is 1. The third-order valence-electron chi connectivity index (χ3n) is 5.56. The van der Waals surface area contributed by atoms with Gasteiger partial charge in [-0.05, 0) is 48.2 Å². The van der Waals surface area contributed by atoms with E-state index in [4.69, 9.17) is 0 Å². The number of allylic oxidation sites excluding steroid dienone is 3. The number of rotatable bonds is 6. The fourth-order valence-corrected chi connectivity index (χ4v) is 3.63. The van der Waals surface area contributed by atoms with E-state index >= 15 is 0 Å². The first-order chi connectivity index (χ1) is 13.6. The molecule has 1 aliphatic rings. The number of hydrogen-bond donors (Lipinski definition) is 0. The van der Waals surface area contributed by atoms with Crippen molar-refractivity contribution in [1.29, 1.82) is 0 Å². The quantitative estimate of drug-likeness (QED) is 0.700. The Morgan fingerprint density at radius 1 is 1.00 bits per heavy atom. The molecule has 0 radical (unpaired) electrons. The lowest BCUT2D eigenvalue weighted by Crippen LogP contribution is -2.49. The van der Waals surface area contributed by atoms with Crippen LogP contribution in [0, 0.1) is 0 Å². The van der Waals surface area contributed by atoms with Crippen molar-refractivity contribution in [3.05, 3.63) is 90.3 Å². The van der Waals surface area contributed by atoms with Gasteiger partial charge in [0.2, 0.25) is 0 Å². The van der Waals surface area contributed by atoms with Crippen LogP contribution in [0.3, 0.4) is 0 Å². The summed E-state index contributed by atoms with van der Waals surface area (Å²) in [5, 5.41) is 0. The number of pyridine rings is 1. The Hall–Kier alpha value is -2.72. The maximum atomic E-state index is 12.9. The maximum absolute atomic E-state index is 12.9. The van der Waals surface area contributed by atoms with Gasteiger partial charge in [-0.25, -0.2) is 0 Å². The first-order valence-corrected chi connectivity index (χ1v) is 9.92. The highest BCUT2D eigenvalue weighted by Gasteiger charge is 2.25. The monoisotopic (exact) mass is 375 g/mol. The summed E-state index contributed by atoms with van der Waals surface area (Å²) in [5.41, 5.74) is 3.23. The minimum Gasteiger partial charge on any atom is -0.336 e. The molecule has 1 amide bonds. The van der Waals surface area contributed by atoms with Gasteiger partial charge in [0.25, 0.3) is 5.91 Å². The molecule has 4 nitrogen and oxygen atoms in total. The van der Waals surface area contributed by atoms with E-state index in [2.05, 4.69) is 48.5 Å². The van der Waals surface area contributed by atoms with E-state index in [1.54, 1.807) is 6.08 Å². The summed E-state index contributed by atoms with van der Waals surface area (Å²) in [5.74, 6) is 0.428. The Morgan fingerprint density at radius 2 is 1.64 bits per heavy atom. The van der Waals surface area contributed by atoms with Crippen molar-refractivity contribution in [2.75, 3.05) is 26.2 Å². The summed E-state index contributed by atoms with van der Waals surface area (Å²) in [4.78, 5) is 21.4. The normalized spacial score (nSPS) is 17.4. The lowest BCUT2D eigenvalue weighted by atomic mass is 9.99. The molecule has 0 aliphatic carbocycles. The molecule has 0 saturated carbocycles. The van der Waals surface area contributed by atoms with Crippen LogP contribution in [0.4, 0.5) is 0 Å². The van der Waals surface area contributed by atoms with E-state index in [0.717, 1.165) is 31.7 Å². The second-order valence-electron chi connectivity index (χ2n) is 7.32. The first kappa shape index (κ1) is 20.0. The van der Waals surface area contributed by atoms with Crippen LogP contribution >= 0.6 is 0 Å². The Labute approximate surface area is 168 Å². The third kappa shape index (κ3) is 4.76. The number of piperazine rings is 1. The van der Waals surface area contributed by atoms with Gasteiger partial charge in [0.15, 0.2) is 0 Å². The van der Waals surface area contributed by atoms with E-state index in [-0.39, 0.29) is 5.91 Å². The average molecular weight is 376 g/mol. The molecular weight excluding hydrogens is 346 g/mol. The molecule has 3 rings (SSSR count). The summed E-state index contributed by atoms with van der Waals surface area (Å²) < 4.78 is 0. The Balaban J connectivity index is 1.57. The van der Waals surface area contributed by atoms with E-state index in [1.807, 2.05) is 47.6 Å². The number of hydrogen-bond acceptors (Lipinski definition) is 3. The van der Waals surface area contributed by atoms with Crippen molar-refractivity contribution < 1.29 is 4.79 Å². The smallest absolute Gasteiger partial charge is 0.253 e. The number of benzene rings is 1. The Kier molecular flexibility index (Phi) is 6.77. The molecule has 146 valence electrons. The molecule has 0 spiro atoms. The number of carbonyl (C=O) groups is 1. The largest absolute Gasteiger partial charge is 0.336 e. The summed E-state index contributed by atoms with van der Waals surface area (Å²) in [6.45, 7) is 11.3. The second kappa shape index (κ2) is 9.47. The molecule has 2 unspecified atom stereocenters. The van der Waals surface area contributed by atoms with Gasteiger partial charge in [0.1, 0.15) is 0 Å². The maximum Gasteiger partial charge on any atom is 0.253 e. The predicted molar refractivity (Wildman–Crippen MR) is 114 cm³/mol. The molecule has 2 atom stereocenters. The number of nitrogens with zero attached hydrogens (tertiary/aromatic N) is 3. The molecule has 28 heavy (non-hydrogen) atoms. The zero-order valence-electron chi connectivity index (χ0n) is 16.8. The van der Waals surface area contributed by atoms with Gasteiger partial charge < -0.3 is 4.90 Å². The molecule has 4 heteroatoms. The summed E-state index contributed by atoms with van der Waals surface area (Å²) in [6, 6.07) is 12.5. The molecule has 1 aromatic heterocycles. The van der Waals surface area contributed by atoms with Crippen LogP contribution in [0.2, 0.25) is 0 Å². The lowest BCUT2D eigenvalue weighted by molar-refractivity contribution is 0.0582. The zero-order valence-corrected chi connectivity index (χ0v) is 16.8. The summed E-state index contributed by atoms with van der Waals surface area (Å²) in [7, 11) is 0. The van der Waals surface area contributed by atoms with Crippen molar-refractivity contribution in [2.24, 2.45) is 0 Å². The van der Waals surface area contributed by atoms with Gasteiger partial charge in [-0.3, -0.25) is 14.7 Å². The van der Waals surface area contributed by atoms with Crippen molar-refractivity contribution in [3.8, 4) is 0 Å². The van der Waals surface area contributed by atoms with Crippen molar-refractivity contribution in [2.45, 2.75) is 25.8 Å². The van der Waals surface area contributed by atoms with Gasteiger partial charge in [-0.15, -0.1) is 0 Å². The highest BCUT2D eigenvalue weighted by molar-refractivity contribution is 5.94. The highest BCUT2D eigenvalue weighted by atomic mass is 16.2. The van der Waals surface area contributed by atoms with E-state index < -0.39 is 0 Å². The standard InChI is InChI=1S/C24H29N3O/c1-4-5-6-19(2)21-7-9-23(10-8-21)24(28)27-17-15-26(16-18-27)20(3)22-11-13-25-14-12-22/h4-14,19-20H,1,15-18H2,2-3H3/b6-5-. The van der Waals surface area contributed by atoms with Gasteiger partial charge in [-0.1, -0.05) is 43.9 Å². The molecular formula is C24H29N3O. The second-order valence-corrected chi connectivity index (χ2v) is 7.32. The number of amides is 1. The molecule has 1 aromatic carbocycles. The SMILES string of the molecule is C=C/C=C\C(C)c1ccc(C(=O)N2CCN(C(C)c3ccncc3)CC2)cc1. The van der Waals surface area contributed by atoms with Crippen molar-refractivity contribution in [3.63, 3.8) is 0 Å². The molecule has 2 heterocycles.